The largest absolute Gasteiger partial charge is 0.404 e. The number of ether oxygens (including phenoxy) is 2. The molecule has 5 nitrogen and oxygen atoms in total. The second-order valence-corrected chi connectivity index (χ2v) is 12.3. The maximum atomic E-state index is 11.3. The van der Waals surface area contributed by atoms with Gasteiger partial charge in [-0.1, -0.05) is 75.4 Å². The van der Waals surface area contributed by atoms with Crippen molar-refractivity contribution in [3.05, 3.63) is 60.2 Å². The van der Waals surface area contributed by atoms with Gasteiger partial charge in [-0.2, -0.15) is 0 Å². The van der Waals surface area contributed by atoms with Gasteiger partial charge in [0.15, 0.2) is 5.79 Å². The van der Waals surface area contributed by atoms with Crippen LogP contribution in [0.5, 0.6) is 0 Å². The summed E-state index contributed by atoms with van der Waals surface area (Å²) in [7, 11) is -1.58. The highest BCUT2D eigenvalue weighted by molar-refractivity contribution is 6.80. The van der Waals surface area contributed by atoms with Crippen LogP contribution in [0.25, 0.3) is 0 Å². The Kier molecular flexibility index (Phi) is 7.96. The Labute approximate surface area is 194 Å². The van der Waals surface area contributed by atoms with Crippen molar-refractivity contribution in [1.82, 2.24) is 0 Å². The van der Waals surface area contributed by atoms with Crippen LogP contribution in [0.15, 0.2) is 54.6 Å². The van der Waals surface area contributed by atoms with Crippen LogP contribution in [0.2, 0.25) is 0 Å². The maximum absolute atomic E-state index is 11.3. The molecular formula is C26H37O5Si. The Hall–Kier alpha value is -1.54. The van der Waals surface area contributed by atoms with Crippen LogP contribution in [0, 0.1) is 0 Å². The Morgan fingerprint density at radius 2 is 1.66 bits per heavy atom. The Bertz CT molecular complexity index is 847. The summed E-state index contributed by atoms with van der Waals surface area (Å²) in [4.78, 5) is 0. The molecule has 1 aliphatic rings. The SMILES string of the molecule is CC1(C)OC[C@@H](C[C@@](O)(CCO)CO[Si](c2ccccc2)c2ccc(C(C)(C)C)cc2)O1. The van der Waals surface area contributed by atoms with Gasteiger partial charge in [0, 0.05) is 19.4 Å². The Morgan fingerprint density at radius 3 is 2.19 bits per heavy atom. The van der Waals surface area contributed by atoms with Crippen LogP contribution in [0.3, 0.4) is 0 Å². The monoisotopic (exact) mass is 457 g/mol. The molecule has 1 heterocycles. The molecule has 1 saturated heterocycles. The highest BCUT2D eigenvalue weighted by Crippen LogP contribution is 2.29. The first kappa shape index (κ1) is 25.1. The second kappa shape index (κ2) is 10.2. The minimum absolute atomic E-state index is 0.0809. The summed E-state index contributed by atoms with van der Waals surface area (Å²) in [5, 5.41) is 23.2. The van der Waals surface area contributed by atoms with Gasteiger partial charge in [-0.25, -0.2) is 0 Å². The number of aliphatic hydroxyl groups is 2. The smallest absolute Gasteiger partial charge is 0.283 e. The molecule has 0 unspecified atom stereocenters. The third-order valence-electron chi connectivity index (χ3n) is 5.79. The number of hydrogen-bond acceptors (Lipinski definition) is 5. The van der Waals surface area contributed by atoms with Crippen LogP contribution >= 0.6 is 0 Å². The zero-order chi connectivity index (χ0) is 23.4. The van der Waals surface area contributed by atoms with Crippen molar-refractivity contribution in [3.8, 4) is 0 Å². The van der Waals surface area contributed by atoms with Gasteiger partial charge in [0.1, 0.15) is 0 Å². The Balaban J connectivity index is 1.79. The maximum Gasteiger partial charge on any atom is 0.283 e. The van der Waals surface area contributed by atoms with Gasteiger partial charge in [-0.3, -0.25) is 0 Å². The molecule has 6 heteroatoms. The zero-order valence-electron chi connectivity index (χ0n) is 19.9. The first-order valence-corrected chi connectivity index (χ1v) is 12.7. The number of hydrogen-bond donors (Lipinski definition) is 2. The van der Waals surface area contributed by atoms with E-state index in [-0.39, 0.29) is 31.2 Å². The van der Waals surface area contributed by atoms with Crippen molar-refractivity contribution >= 4 is 19.4 Å². The molecule has 2 aromatic carbocycles. The highest BCUT2D eigenvalue weighted by Gasteiger charge is 2.39. The molecule has 32 heavy (non-hydrogen) atoms. The lowest BCUT2D eigenvalue weighted by Gasteiger charge is -2.31. The first-order valence-electron chi connectivity index (χ1n) is 11.3. The predicted octanol–water partition coefficient (Wildman–Crippen LogP) is 2.76. The standard InChI is InChI=1S/C26H37O5Si/c1-24(2,3)20-11-13-23(14-12-20)32(22-9-7-6-8-10-22)30-19-26(28,15-16-27)17-21-18-29-25(4,5)31-21/h6-14,21,27-28H,15-19H2,1-5H3/t21-,26+/m1/s1. The van der Waals surface area contributed by atoms with Gasteiger partial charge in [0.05, 0.1) is 24.9 Å². The van der Waals surface area contributed by atoms with E-state index >= 15 is 0 Å². The van der Waals surface area contributed by atoms with Crippen molar-refractivity contribution in [2.75, 3.05) is 19.8 Å². The van der Waals surface area contributed by atoms with Crippen LogP contribution in [-0.2, 0) is 19.3 Å². The van der Waals surface area contributed by atoms with E-state index in [4.69, 9.17) is 13.9 Å². The van der Waals surface area contributed by atoms with Crippen LogP contribution in [-0.4, -0.2) is 56.6 Å². The van der Waals surface area contributed by atoms with E-state index in [2.05, 4.69) is 57.2 Å². The summed E-state index contributed by atoms with van der Waals surface area (Å²) in [6.07, 6.45) is 0.341. The summed E-state index contributed by atoms with van der Waals surface area (Å²) in [5.41, 5.74) is 0.157. The lowest BCUT2D eigenvalue weighted by atomic mass is 9.87. The molecule has 2 N–H and O–H groups in total. The summed E-state index contributed by atoms with van der Waals surface area (Å²) in [6.45, 7) is 10.8. The van der Waals surface area contributed by atoms with Crippen LogP contribution in [0.4, 0.5) is 0 Å². The van der Waals surface area contributed by atoms with E-state index in [1.165, 1.54) is 5.56 Å². The van der Waals surface area contributed by atoms with E-state index in [1.54, 1.807) is 0 Å². The minimum atomic E-state index is -1.58. The molecule has 0 aromatic heterocycles. The summed E-state index contributed by atoms with van der Waals surface area (Å²) in [5.74, 6) is -0.653. The average molecular weight is 458 g/mol. The molecule has 0 amide bonds. The van der Waals surface area contributed by atoms with E-state index in [0.717, 1.165) is 10.4 Å². The molecular weight excluding hydrogens is 420 g/mol. The lowest BCUT2D eigenvalue weighted by molar-refractivity contribution is -0.148. The molecule has 2 aromatic rings. The van der Waals surface area contributed by atoms with Crippen molar-refractivity contribution < 1.29 is 24.1 Å². The number of aliphatic hydroxyl groups excluding tert-OH is 1. The lowest BCUT2D eigenvalue weighted by Crippen LogP contribution is -2.50. The average Bonchev–Trinajstić information content (AvgIpc) is 3.06. The molecule has 0 aliphatic carbocycles. The van der Waals surface area contributed by atoms with E-state index in [0.29, 0.717) is 13.0 Å². The molecule has 0 bridgehead atoms. The number of rotatable bonds is 9. The summed E-state index contributed by atoms with van der Waals surface area (Å²) in [6, 6.07) is 18.8. The van der Waals surface area contributed by atoms with Gasteiger partial charge in [-0.05, 0) is 35.2 Å². The second-order valence-electron chi connectivity index (χ2n) is 10.2. The summed E-state index contributed by atoms with van der Waals surface area (Å²) >= 11 is 0. The quantitative estimate of drug-likeness (QED) is 0.567. The van der Waals surface area contributed by atoms with E-state index in [1.807, 2.05) is 32.0 Å². The molecule has 1 fully saturated rings. The molecule has 2 atom stereocenters. The molecule has 1 radical (unpaired) electrons. The third kappa shape index (κ3) is 6.73. The third-order valence-corrected chi connectivity index (χ3v) is 7.93. The topological polar surface area (TPSA) is 68.2 Å². The normalized spacial score (nSPS) is 20.4. The van der Waals surface area contributed by atoms with E-state index < -0.39 is 20.4 Å². The van der Waals surface area contributed by atoms with Crippen molar-refractivity contribution in [3.63, 3.8) is 0 Å². The highest BCUT2D eigenvalue weighted by atomic mass is 28.3. The molecule has 3 rings (SSSR count). The molecule has 0 saturated carbocycles. The zero-order valence-corrected chi connectivity index (χ0v) is 20.9. The molecule has 1 aliphatic heterocycles. The summed E-state index contributed by atoms with van der Waals surface area (Å²) < 4.78 is 18.0. The fraction of sp³-hybridized carbons (Fsp3) is 0.538. The van der Waals surface area contributed by atoms with Crippen LogP contribution < -0.4 is 10.4 Å². The van der Waals surface area contributed by atoms with Crippen molar-refractivity contribution in [1.29, 1.82) is 0 Å². The van der Waals surface area contributed by atoms with E-state index in [9.17, 15) is 10.2 Å². The fourth-order valence-electron chi connectivity index (χ4n) is 3.98. The molecule has 175 valence electrons. The van der Waals surface area contributed by atoms with Gasteiger partial charge >= 0.3 is 0 Å². The van der Waals surface area contributed by atoms with Crippen LogP contribution in [0.1, 0.15) is 53.0 Å². The van der Waals surface area contributed by atoms with Gasteiger partial charge in [-0.15, -0.1) is 0 Å². The van der Waals surface area contributed by atoms with Gasteiger partial charge in [0.25, 0.3) is 9.04 Å². The van der Waals surface area contributed by atoms with Gasteiger partial charge in [0.2, 0.25) is 0 Å². The first-order chi connectivity index (χ1) is 15.0. The molecule has 0 spiro atoms. The number of benzene rings is 2. The Morgan fingerprint density at radius 1 is 1.03 bits per heavy atom. The van der Waals surface area contributed by atoms with Gasteiger partial charge < -0.3 is 24.1 Å². The fourth-order valence-corrected chi connectivity index (χ4v) is 6.02. The van der Waals surface area contributed by atoms with Crippen molar-refractivity contribution in [2.45, 2.75) is 70.4 Å². The van der Waals surface area contributed by atoms with Crippen molar-refractivity contribution in [2.24, 2.45) is 0 Å². The predicted molar refractivity (Wildman–Crippen MR) is 129 cm³/mol. The minimum Gasteiger partial charge on any atom is -0.404 e.